The first-order valence-electron chi connectivity index (χ1n) is 6.12. The molecule has 1 aromatic carbocycles. The molecule has 1 aliphatic heterocycles. The van der Waals surface area contributed by atoms with E-state index in [0.29, 0.717) is 0 Å². The van der Waals surface area contributed by atoms with E-state index in [2.05, 4.69) is 0 Å². The smallest absolute Gasteiger partial charge is 0.202 e. The maximum absolute atomic E-state index is 13.8. The Labute approximate surface area is 112 Å². The maximum Gasteiger partial charge on any atom is 0.202 e. The zero-order valence-electron chi connectivity index (χ0n) is 10.9. The minimum atomic E-state index is -1.16. The van der Waals surface area contributed by atoms with Crippen molar-refractivity contribution in [3.63, 3.8) is 0 Å². The van der Waals surface area contributed by atoms with Crippen LogP contribution < -0.4 is 10.2 Å². The van der Waals surface area contributed by atoms with Gasteiger partial charge in [0.25, 0.3) is 0 Å². The van der Waals surface area contributed by atoms with E-state index in [9.17, 15) is 18.4 Å². The molecule has 0 saturated heterocycles. The van der Waals surface area contributed by atoms with Gasteiger partial charge in [0, 0.05) is 6.20 Å². The lowest BCUT2D eigenvalue weighted by Crippen LogP contribution is -2.26. The fraction of sp³-hybridized carbons (Fsp3) is 0.286. The average molecular weight is 279 g/mol. The van der Waals surface area contributed by atoms with Crippen LogP contribution in [0.25, 0.3) is 10.9 Å². The van der Waals surface area contributed by atoms with Crippen LogP contribution in [0.1, 0.15) is 30.2 Å². The van der Waals surface area contributed by atoms with Gasteiger partial charge in [0.1, 0.15) is 6.61 Å². The van der Waals surface area contributed by atoms with Crippen LogP contribution in [0.4, 0.5) is 8.78 Å². The molecule has 6 heteroatoms. The van der Waals surface area contributed by atoms with Gasteiger partial charge < -0.3 is 9.30 Å². The lowest BCUT2D eigenvalue weighted by Gasteiger charge is -2.27. The normalized spacial score (nSPS) is 17.1. The SMILES string of the molecule is CC(=O)c1cn2c3c(c(F)c(F)cc3c1=O)OC[C@@H]2C. The molecule has 0 unspecified atom stereocenters. The zero-order chi connectivity index (χ0) is 14.6. The summed E-state index contributed by atoms with van der Waals surface area (Å²) >= 11 is 0. The number of ketones is 1. The number of hydrogen-bond acceptors (Lipinski definition) is 3. The summed E-state index contributed by atoms with van der Waals surface area (Å²) in [6.07, 6.45) is 1.39. The fourth-order valence-corrected chi connectivity index (χ4v) is 2.44. The number of benzene rings is 1. The first-order valence-corrected chi connectivity index (χ1v) is 6.12. The van der Waals surface area contributed by atoms with E-state index >= 15 is 0 Å². The summed E-state index contributed by atoms with van der Waals surface area (Å²) in [5.41, 5.74) is -0.456. The van der Waals surface area contributed by atoms with Gasteiger partial charge in [0.15, 0.2) is 22.8 Å². The number of carbonyl (C=O) groups excluding carboxylic acids is 1. The summed E-state index contributed by atoms with van der Waals surface area (Å²) in [5.74, 6) is -2.96. The van der Waals surface area contributed by atoms with Crippen molar-refractivity contribution < 1.29 is 18.3 Å². The number of nitrogens with zero attached hydrogens (tertiary/aromatic N) is 1. The highest BCUT2D eigenvalue weighted by molar-refractivity contribution is 5.98. The molecule has 104 valence electrons. The number of rotatable bonds is 1. The Morgan fingerprint density at radius 3 is 2.80 bits per heavy atom. The molecule has 0 spiro atoms. The topological polar surface area (TPSA) is 48.3 Å². The first kappa shape index (κ1) is 12.8. The molecular formula is C14H11F2NO3. The minimum absolute atomic E-state index is 0.0387. The van der Waals surface area contributed by atoms with E-state index in [0.717, 1.165) is 6.07 Å². The van der Waals surface area contributed by atoms with Crippen molar-refractivity contribution >= 4 is 16.7 Å². The summed E-state index contributed by atoms with van der Waals surface area (Å²) in [6, 6.07) is 0.634. The number of halogens is 2. The Balaban J connectivity index is 2.57. The maximum atomic E-state index is 13.8. The van der Waals surface area contributed by atoms with Crippen LogP contribution in [-0.4, -0.2) is 17.0 Å². The quantitative estimate of drug-likeness (QED) is 0.753. The highest BCUT2D eigenvalue weighted by atomic mass is 19.2. The molecule has 2 heterocycles. The van der Waals surface area contributed by atoms with Gasteiger partial charge >= 0.3 is 0 Å². The van der Waals surface area contributed by atoms with Gasteiger partial charge in [0.05, 0.1) is 22.5 Å². The number of carbonyl (C=O) groups is 1. The Bertz CT molecular complexity index is 810. The molecule has 2 aromatic rings. The standard InChI is InChI=1S/C14H11F2NO3/c1-6-5-20-14-11(16)10(15)3-8-12(14)17(6)4-9(7(2)18)13(8)19/h3-4,6H,5H2,1-2H3/t6-/m0/s1. The van der Waals surface area contributed by atoms with Gasteiger partial charge in [-0.1, -0.05) is 0 Å². The molecule has 1 atom stereocenters. The van der Waals surface area contributed by atoms with Gasteiger partial charge in [-0.15, -0.1) is 0 Å². The number of pyridine rings is 1. The third kappa shape index (κ3) is 1.57. The van der Waals surface area contributed by atoms with E-state index in [4.69, 9.17) is 4.74 Å². The van der Waals surface area contributed by atoms with E-state index in [-0.39, 0.29) is 34.9 Å². The summed E-state index contributed by atoms with van der Waals surface area (Å²) in [4.78, 5) is 23.7. The first-order chi connectivity index (χ1) is 9.41. The Morgan fingerprint density at radius 2 is 2.15 bits per heavy atom. The van der Waals surface area contributed by atoms with Gasteiger partial charge in [-0.05, 0) is 19.9 Å². The van der Waals surface area contributed by atoms with Crippen molar-refractivity contribution in [3.05, 3.63) is 39.7 Å². The van der Waals surface area contributed by atoms with Crippen molar-refractivity contribution in [2.24, 2.45) is 0 Å². The van der Waals surface area contributed by atoms with Gasteiger partial charge in [0.2, 0.25) is 5.82 Å². The second kappa shape index (κ2) is 4.13. The van der Waals surface area contributed by atoms with E-state index in [1.165, 1.54) is 13.1 Å². The summed E-state index contributed by atoms with van der Waals surface area (Å²) in [7, 11) is 0. The number of ether oxygens (including phenoxy) is 1. The van der Waals surface area contributed by atoms with Crippen molar-refractivity contribution in [1.29, 1.82) is 0 Å². The highest BCUT2D eigenvalue weighted by Crippen LogP contribution is 2.35. The lowest BCUT2D eigenvalue weighted by molar-refractivity contribution is 0.101. The van der Waals surface area contributed by atoms with E-state index < -0.39 is 22.8 Å². The Morgan fingerprint density at radius 1 is 1.45 bits per heavy atom. The van der Waals surface area contributed by atoms with Crippen LogP contribution in [0, 0.1) is 11.6 Å². The largest absolute Gasteiger partial charge is 0.486 e. The number of Topliss-reactive ketones (excluding diaryl/α,β-unsaturated/α-hetero) is 1. The highest BCUT2D eigenvalue weighted by Gasteiger charge is 2.27. The molecule has 20 heavy (non-hydrogen) atoms. The van der Waals surface area contributed by atoms with Crippen LogP contribution in [0.3, 0.4) is 0 Å². The van der Waals surface area contributed by atoms with Crippen LogP contribution in [-0.2, 0) is 0 Å². The summed E-state index contributed by atoms with van der Waals surface area (Å²) in [5, 5.41) is -0.0434. The third-order valence-corrected chi connectivity index (χ3v) is 3.49. The average Bonchev–Trinajstić information content (AvgIpc) is 2.39. The minimum Gasteiger partial charge on any atom is -0.486 e. The molecule has 0 bridgehead atoms. The van der Waals surface area contributed by atoms with E-state index in [1.807, 2.05) is 0 Å². The molecule has 0 N–H and O–H groups in total. The number of aromatic nitrogens is 1. The molecular weight excluding hydrogens is 268 g/mol. The fourth-order valence-electron chi connectivity index (χ4n) is 2.44. The predicted molar refractivity (Wildman–Crippen MR) is 68.3 cm³/mol. The van der Waals surface area contributed by atoms with Crippen molar-refractivity contribution in [1.82, 2.24) is 4.57 Å². The molecule has 1 aromatic heterocycles. The Kier molecular flexibility index (Phi) is 2.64. The third-order valence-electron chi connectivity index (χ3n) is 3.49. The van der Waals surface area contributed by atoms with Gasteiger partial charge in [-0.2, -0.15) is 4.39 Å². The van der Waals surface area contributed by atoms with Crippen molar-refractivity contribution in [3.8, 4) is 5.75 Å². The van der Waals surface area contributed by atoms with Crippen molar-refractivity contribution in [2.75, 3.05) is 6.61 Å². The lowest BCUT2D eigenvalue weighted by atomic mass is 10.1. The number of hydrogen-bond donors (Lipinski definition) is 0. The second-order valence-electron chi connectivity index (χ2n) is 4.89. The molecule has 0 saturated carbocycles. The van der Waals surface area contributed by atoms with Crippen molar-refractivity contribution in [2.45, 2.75) is 19.9 Å². The predicted octanol–water partition coefficient (Wildman–Crippen LogP) is 2.44. The zero-order valence-corrected chi connectivity index (χ0v) is 10.9. The van der Waals surface area contributed by atoms with Crippen LogP contribution in [0.2, 0.25) is 0 Å². The molecule has 0 aliphatic carbocycles. The van der Waals surface area contributed by atoms with Crippen LogP contribution in [0.5, 0.6) is 5.75 Å². The molecule has 0 fully saturated rings. The van der Waals surface area contributed by atoms with Crippen LogP contribution >= 0.6 is 0 Å². The van der Waals surface area contributed by atoms with Crippen LogP contribution in [0.15, 0.2) is 17.1 Å². The Hall–Kier alpha value is -2.24. The molecule has 4 nitrogen and oxygen atoms in total. The second-order valence-corrected chi connectivity index (χ2v) is 4.89. The molecule has 0 radical (unpaired) electrons. The summed E-state index contributed by atoms with van der Waals surface area (Å²) in [6.45, 7) is 3.21. The van der Waals surface area contributed by atoms with Gasteiger partial charge in [-0.25, -0.2) is 4.39 Å². The van der Waals surface area contributed by atoms with E-state index in [1.54, 1.807) is 11.5 Å². The molecule has 3 rings (SSSR count). The summed E-state index contributed by atoms with van der Waals surface area (Å²) < 4.78 is 34.2. The molecule has 0 amide bonds. The monoisotopic (exact) mass is 279 g/mol. The molecule has 1 aliphatic rings. The van der Waals surface area contributed by atoms with Gasteiger partial charge in [-0.3, -0.25) is 9.59 Å².